The zero-order valence-electron chi connectivity index (χ0n) is 17.8. The zero-order chi connectivity index (χ0) is 23.4. The molecule has 0 N–H and O–H groups in total. The highest BCUT2D eigenvalue weighted by atomic mass is 35.5. The number of nitro benzene ring substituents is 1. The van der Waals surface area contributed by atoms with E-state index in [4.69, 9.17) is 20.8 Å². The first-order valence-corrected chi connectivity index (χ1v) is 11.7. The third-order valence-corrected chi connectivity index (χ3v) is 6.35. The molecule has 33 heavy (non-hydrogen) atoms. The van der Waals surface area contributed by atoms with Crippen LogP contribution in [0, 0.1) is 10.1 Å². The Balaban J connectivity index is 1.35. The van der Waals surface area contributed by atoms with Crippen molar-refractivity contribution in [3.05, 3.63) is 69.1 Å². The third kappa shape index (κ3) is 5.82. The van der Waals surface area contributed by atoms with Crippen molar-refractivity contribution in [1.29, 1.82) is 0 Å². The van der Waals surface area contributed by atoms with Gasteiger partial charge in [-0.15, -0.1) is 22.0 Å². The maximum Gasteiger partial charge on any atom is 0.311 e. The van der Waals surface area contributed by atoms with Crippen molar-refractivity contribution in [2.24, 2.45) is 0 Å². The van der Waals surface area contributed by atoms with Crippen molar-refractivity contribution < 1.29 is 18.9 Å². The normalized spacial score (nSPS) is 13.0. The Bertz CT molecular complexity index is 1150. The standard InChI is InChI=1S/C22H21ClN4O5S/c1-31-19-9-2-14(10-18(19)27(29)30)12-33-13-21(28)26(17-7-8-17)11-20-24-25-22(32-20)15-3-5-16(23)6-4-15/h2-6,9-10,17H,7-8,11-13H2,1H3. The first kappa shape index (κ1) is 23.1. The summed E-state index contributed by atoms with van der Waals surface area (Å²) in [4.78, 5) is 25.4. The molecule has 1 aliphatic carbocycles. The molecule has 0 spiro atoms. The number of ether oxygens (including phenoxy) is 1. The fourth-order valence-electron chi connectivity index (χ4n) is 3.29. The van der Waals surface area contributed by atoms with Gasteiger partial charge in [0.1, 0.15) is 0 Å². The molecule has 0 unspecified atom stereocenters. The van der Waals surface area contributed by atoms with Crippen molar-refractivity contribution in [2.45, 2.75) is 31.2 Å². The summed E-state index contributed by atoms with van der Waals surface area (Å²) in [6.07, 6.45) is 1.89. The van der Waals surface area contributed by atoms with Crippen molar-refractivity contribution in [2.75, 3.05) is 12.9 Å². The first-order valence-electron chi connectivity index (χ1n) is 10.2. The summed E-state index contributed by atoms with van der Waals surface area (Å²) in [7, 11) is 1.39. The summed E-state index contributed by atoms with van der Waals surface area (Å²) in [6.45, 7) is 0.249. The number of halogens is 1. The summed E-state index contributed by atoms with van der Waals surface area (Å²) < 4.78 is 10.8. The predicted molar refractivity (Wildman–Crippen MR) is 124 cm³/mol. The highest BCUT2D eigenvalue weighted by Gasteiger charge is 2.33. The van der Waals surface area contributed by atoms with Crippen molar-refractivity contribution in [3.8, 4) is 17.2 Å². The predicted octanol–water partition coefficient (Wildman–Crippen LogP) is 4.73. The topological polar surface area (TPSA) is 112 Å². The number of carbonyl (C=O) groups is 1. The van der Waals surface area contributed by atoms with Crippen LogP contribution in [0.5, 0.6) is 5.75 Å². The van der Waals surface area contributed by atoms with Crippen LogP contribution in [0.2, 0.25) is 5.02 Å². The molecular formula is C22H21ClN4O5S. The van der Waals surface area contributed by atoms with Gasteiger partial charge < -0.3 is 14.1 Å². The molecule has 0 bridgehead atoms. The summed E-state index contributed by atoms with van der Waals surface area (Å²) in [6, 6.07) is 12.1. The third-order valence-electron chi connectivity index (χ3n) is 5.11. The number of nitro groups is 1. The lowest BCUT2D eigenvalue weighted by atomic mass is 10.2. The van der Waals surface area contributed by atoms with Crippen LogP contribution in [0.1, 0.15) is 24.3 Å². The molecule has 1 amide bonds. The molecule has 2 aromatic carbocycles. The molecule has 1 aliphatic rings. The molecule has 11 heteroatoms. The molecule has 1 heterocycles. The highest BCUT2D eigenvalue weighted by Crippen LogP contribution is 2.31. The van der Waals surface area contributed by atoms with Crippen LogP contribution in [0.15, 0.2) is 46.9 Å². The summed E-state index contributed by atoms with van der Waals surface area (Å²) >= 11 is 7.32. The van der Waals surface area contributed by atoms with E-state index in [1.54, 1.807) is 41.3 Å². The molecule has 9 nitrogen and oxygen atoms in total. The van der Waals surface area contributed by atoms with E-state index in [0.29, 0.717) is 22.6 Å². The number of rotatable bonds is 10. The number of nitrogens with zero attached hydrogens (tertiary/aromatic N) is 4. The lowest BCUT2D eigenvalue weighted by molar-refractivity contribution is -0.385. The van der Waals surface area contributed by atoms with Gasteiger partial charge in [-0.05, 0) is 48.7 Å². The Hall–Kier alpha value is -3.11. The Morgan fingerprint density at radius 1 is 1.27 bits per heavy atom. The molecule has 1 saturated carbocycles. The van der Waals surface area contributed by atoms with Gasteiger partial charge in [0.2, 0.25) is 17.7 Å². The van der Waals surface area contributed by atoms with Crippen LogP contribution in [-0.2, 0) is 17.1 Å². The second-order valence-corrected chi connectivity index (χ2v) is 8.94. The van der Waals surface area contributed by atoms with Crippen LogP contribution in [0.3, 0.4) is 0 Å². The average Bonchev–Trinajstić information content (AvgIpc) is 3.55. The molecule has 0 radical (unpaired) electrons. The van der Waals surface area contributed by atoms with E-state index < -0.39 is 4.92 Å². The summed E-state index contributed by atoms with van der Waals surface area (Å²) in [5.74, 6) is 1.64. The smallest absolute Gasteiger partial charge is 0.311 e. The number of thioether (sulfide) groups is 1. The summed E-state index contributed by atoms with van der Waals surface area (Å²) in [5, 5.41) is 20.0. The fourth-order valence-corrected chi connectivity index (χ4v) is 4.27. The molecule has 172 valence electrons. The van der Waals surface area contributed by atoms with E-state index in [0.717, 1.165) is 24.0 Å². The minimum atomic E-state index is -0.477. The minimum absolute atomic E-state index is 0.0308. The number of benzene rings is 2. The number of amides is 1. The fraction of sp³-hybridized carbons (Fsp3) is 0.318. The van der Waals surface area contributed by atoms with E-state index in [2.05, 4.69) is 10.2 Å². The van der Waals surface area contributed by atoms with Crippen molar-refractivity contribution in [1.82, 2.24) is 15.1 Å². The molecular weight excluding hydrogens is 468 g/mol. The van der Waals surface area contributed by atoms with E-state index >= 15 is 0 Å². The maximum atomic E-state index is 12.9. The number of hydrogen-bond acceptors (Lipinski definition) is 8. The molecule has 1 aromatic heterocycles. The molecule has 1 fully saturated rings. The molecule has 0 atom stereocenters. The van der Waals surface area contributed by atoms with Gasteiger partial charge in [0.15, 0.2) is 5.75 Å². The first-order chi connectivity index (χ1) is 15.9. The van der Waals surface area contributed by atoms with Gasteiger partial charge in [0, 0.05) is 28.4 Å². The SMILES string of the molecule is COc1ccc(CSCC(=O)N(Cc2nnc(-c3ccc(Cl)cc3)o2)C2CC2)cc1[N+](=O)[O-]. The van der Waals surface area contributed by atoms with E-state index in [1.165, 1.54) is 24.9 Å². The van der Waals surface area contributed by atoms with Gasteiger partial charge in [-0.3, -0.25) is 14.9 Å². The van der Waals surface area contributed by atoms with Crippen LogP contribution in [0.25, 0.3) is 11.5 Å². The summed E-state index contributed by atoms with van der Waals surface area (Å²) in [5.41, 5.74) is 1.42. The van der Waals surface area contributed by atoms with Crippen molar-refractivity contribution in [3.63, 3.8) is 0 Å². The largest absolute Gasteiger partial charge is 0.490 e. The van der Waals surface area contributed by atoms with Gasteiger partial charge >= 0.3 is 5.69 Å². The van der Waals surface area contributed by atoms with Crippen LogP contribution < -0.4 is 4.74 Å². The molecule has 3 aromatic rings. The number of aromatic nitrogens is 2. The van der Waals surface area contributed by atoms with E-state index in [9.17, 15) is 14.9 Å². The number of methoxy groups -OCH3 is 1. The van der Waals surface area contributed by atoms with Gasteiger partial charge in [0.05, 0.1) is 24.3 Å². The molecule has 4 rings (SSSR count). The van der Waals surface area contributed by atoms with E-state index in [-0.39, 0.29) is 35.7 Å². The lowest BCUT2D eigenvalue weighted by Crippen LogP contribution is -2.34. The number of hydrogen-bond donors (Lipinski definition) is 0. The highest BCUT2D eigenvalue weighted by molar-refractivity contribution is 7.99. The van der Waals surface area contributed by atoms with Gasteiger partial charge in [-0.1, -0.05) is 17.7 Å². The molecule has 0 saturated heterocycles. The van der Waals surface area contributed by atoms with Crippen molar-refractivity contribution >= 4 is 35.0 Å². The quantitative estimate of drug-likeness (QED) is 0.297. The van der Waals surface area contributed by atoms with Crippen LogP contribution in [-0.4, -0.2) is 44.8 Å². The van der Waals surface area contributed by atoms with Gasteiger partial charge in [-0.25, -0.2) is 0 Å². The number of carbonyl (C=O) groups excluding carboxylic acids is 1. The van der Waals surface area contributed by atoms with Crippen LogP contribution >= 0.6 is 23.4 Å². The molecule has 0 aliphatic heterocycles. The van der Waals surface area contributed by atoms with Gasteiger partial charge in [-0.2, -0.15) is 0 Å². The average molecular weight is 489 g/mol. The second-order valence-electron chi connectivity index (χ2n) is 7.52. The zero-order valence-corrected chi connectivity index (χ0v) is 19.3. The Morgan fingerprint density at radius 2 is 2.03 bits per heavy atom. The Labute approximate surface area is 199 Å². The second kappa shape index (κ2) is 10.2. The Morgan fingerprint density at radius 3 is 2.70 bits per heavy atom. The van der Waals surface area contributed by atoms with E-state index in [1.807, 2.05) is 0 Å². The monoisotopic (exact) mass is 488 g/mol. The van der Waals surface area contributed by atoms with Gasteiger partial charge in [0.25, 0.3) is 0 Å². The maximum absolute atomic E-state index is 12.9. The van der Waals surface area contributed by atoms with Crippen LogP contribution in [0.4, 0.5) is 5.69 Å². The minimum Gasteiger partial charge on any atom is -0.490 e. The lowest BCUT2D eigenvalue weighted by Gasteiger charge is -2.20. The Kier molecular flexibility index (Phi) is 7.14.